The standard InChI is InChI=1S/C15H15FOS/c1-10-3-5-14(11(2)7-10)18-15-6-4-13(16)8-12(15)9-17/h3-8,17H,9H2,1-2H3. The molecule has 0 aliphatic carbocycles. The number of aliphatic hydroxyl groups is 1. The second kappa shape index (κ2) is 5.55. The van der Waals surface area contributed by atoms with Crippen LogP contribution in [0.2, 0.25) is 0 Å². The fraction of sp³-hybridized carbons (Fsp3) is 0.200. The topological polar surface area (TPSA) is 20.2 Å². The molecule has 1 N–H and O–H groups in total. The third kappa shape index (κ3) is 2.92. The van der Waals surface area contributed by atoms with Gasteiger partial charge in [0.15, 0.2) is 0 Å². The van der Waals surface area contributed by atoms with Crippen LogP contribution in [0.5, 0.6) is 0 Å². The highest BCUT2D eigenvalue weighted by Crippen LogP contribution is 2.33. The molecule has 0 bridgehead atoms. The summed E-state index contributed by atoms with van der Waals surface area (Å²) in [6.45, 7) is 3.96. The number of hydrogen-bond acceptors (Lipinski definition) is 2. The summed E-state index contributed by atoms with van der Waals surface area (Å²) in [5.41, 5.74) is 3.03. The monoisotopic (exact) mass is 262 g/mol. The van der Waals surface area contributed by atoms with Crippen LogP contribution < -0.4 is 0 Å². The van der Waals surface area contributed by atoms with Crippen molar-refractivity contribution >= 4 is 11.8 Å². The third-order valence-electron chi connectivity index (χ3n) is 2.74. The summed E-state index contributed by atoms with van der Waals surface area (Å²) in [6, 6.07) is 10.7. The van der Waals surface area contributed by atoms with E-state index in [2.05, 4.69) is 32.0 Å². The quantitative estimate of drug-likeness (QED) is 0.899. The van der Waals surface area contributed by atoms with E-state index in [-0.39, 0.29) is 12.4 Å². The van der Waals surface area contributed by atoms with Crippen LogP contribution >= 0.6 is 11.8 Å². The van der Waals surface area contributed by atoms with Crippen LogP contribution in [0.15, 0.2) is 46.2 Å². The molecule has 2 aromatic carbocycles. The SMILES string of the molecule is Cc1ccc(Sc2ccc(F)cc2CO)c(C)c1. The molecule has 0 radical (unpaired) electrons. The number of aliphatic hydroxyl groups excluding tert-OH is 1. The van der Waals surface area contributed by atoms with Crippen LogP contribution in [0.25, 0.3) is 0 Å². The summed E-state index contributed by atoms with van der Waals surface area (Å²) in [5.74, 6) is -0.316. The second-order valence-corrected chi connectivity index (χ2v) is 5.36. The summed E-state index contributed by atoms with van der Waals surface area (Å²) < 4.78 is 13.1. The van der Waals surface area contributed by atoms with Crippen molar-refractivity contribution in [3.05, 3.63) is 58.9 Å². The first-order chi connectivity index (χ1) is 8.60. The van der Waals surface area contributed by atoms with E-state index < -0.39 is 0 Å². The largest absolute Gasteiger partial charge is 0.392 e. The first-order valence-corrected chi connectivity index (χ1v) is 6.56. The molecular weight excluding hydrogens is 247 g/mol. The minimum Gasteiger partial charge on any atom is -0.392 e. The zero-order valence-electron chi connectivity index (χ0n) is 10.4. The summed E-state index contributed by atoms with van der Waals surface area (Å²) >= 11 is 1.56. The highest BCUT2D eigenvalue weighted by molar-refractivity contribution is 7.99. The number of aryl methyl sites for hydroxylation is 2. The zero-order chi connectivity index (χ0) is 13.1. The van der Waals surface area contributed by atoms with E-state index in [0.717, 1.165) is 9.79 Å². The van der Waals surface area contributed by atoms with Crippen molar-refractivity contribution in [2.75, 3.05) is 0 Å². The summed E-state index contributed by atoms with van der Waals surface area (Å²) in [7, 11) is 0. The van der Waals surface area contributed by atoms with E-state index in [1.165, 1.54) is 23.3 Å². The van der Waals surface area contributed by atoms with E-state index in [4.69, 9.17) is 0 Å². The van der Waals surface area contributed by atoms with Gasteiger partial charge in [-0.1, -0.05) is 29.5 Å². The molecule has 0 fully saturated rings. The van der Waals surface area contributed by atoms with Crippen LogP contribution in [-0.4, -0.2) is 5.11 Å². The lowest BCUT2D eigenvalue weighted by Gasteiger charge is -2.10. The van der Waals surface area contributed by atoms with Gasteiger partial charge in [0.25, 0.3) is 0 Å². The molecule has 94 valence electrons. The molecule has 0 unspecified atom stereocenters. The fourth-order valence-electron chi connectivity index (χ4n) is 1.80. The Labute approximate surface area is 111 Å². The molecule has 0 heterocycles. The van der Waals surface area contributed by atoms with Crippen molar-refractivity contribution in [2.24, 2.45) is 0 Å². The van der Waals surface area contributed by atoms with Crippen molar-refractivity contribution in [3.63, 3.8) is 0 Å². The molecule has 0 saturated heterocycles. The van der Waals surface area contributed by atoms with Gasteiger partial charge in [-0.25, -0.2) is 4.39 Å². The summed E-state index contributed by atoms with van der Waals surface area (Å²) in [5, 5.41) is 9.25. The predicted molar refractivity (Wildman–Crippen MR) is 72.4 cm³/mol. The van der Waals surface area contributed by atoms with Crippen molar-refractivity contribution < 1.29 is 9.50 Å². The molecule has 2 aromatic rings. The zero-order valence-corrected chi connectivity index (χ0v) is 11.2. The molecule has 2 rings (SSSR count). The molecular formula is C15H15FOS. The average Bonchev–Trinajstić information content (AvgIpc) is 2.34. The summed E-state index contributed by atoms with van der Waals surface area (Å²) in [4.78, 5) is 2.02. The Bertz CT molecular complexity index is 566. The summed E-state index contributed by atoms with van der Waals surface area (Å²) in [6.07, 6.45) is 0. The van der Waals surface area contributed by atoms with E-state index in [1.807, 2.05) is 0 Å². The van der Waals surface area contributed by atoms with Gasteiger partial charge in [0.05, 0.1) is 6.61 Å². The molecule has 1 nitrogen and oxygen atoms in total. The van der Waals surface area contributed by atoms with Crippen molar-refractivity contribution in [2.45, 2.75) is 30.2 Å². The molecule has 0 atom stereocenters. The van der Waals surface area contributed by atoms with Crippen molar-refractivity contribution in [3.8, 4) is 0 Å². The van der Waals surface area contributed by atoms with Crippen LogP contribution in [0.4, 0.5) is 4.39 Å². The van der Waals surface area contributed by atoms with Gasteiger partial charge in [0, 0.05) is 9.79 Å². The van der Waals surface area contributed by atoms with Gasteiger partial charge >= 0.3 is 0 Å². The predicted octanol–water partition coefficient (Wildman–Crippen LogP) is 4.09. The fourth-order valence-corrected chi connectivity index (χ4v) is 2.79. The normalized spacial score (nSPS) is 10.7. The number of rotatable bonds is 3. The lowest BCUT2D eigenvalue weighted by molar-refractivity contribution is 0.278. The van der Waals surface area contributed by atoms with Gasteiger partial charge in [0.1, 0.15) is 5.82 Å². The Kier molecular flexibility index (Phi) is 4.04. The lowest BCUT2D eigenvalue weighted by Crippen LogP contribution is -1.90. The maximum Gasteiger partial charge on any atom is 0.123 e. The Morgan fingerprint density at radius 1 is 1.06 bits per heavy atom. The molecule has 18 heavy (non-hydrogen) atoms. The molecule has 0 amide bonds. The Hall–Kier alpha value is -1.32. The van der Waals surface area contributed by atoms with Crippen molar-refractivity contribution in [1.82, 2.24) is 0 Å². The first kappa shape index (κ1) is 13.1. The molecule has 0 aliphatic rings. The van der Waals surface area contributed by atoms with E-state index in [0.29, 0.717) is 5.56 Å². The van der Waals surface area contributed by atoms with Gasteiger partial charge < -0.3 is 5.11 Å². The third-order valence-corrected chi connectivity index (χ3v) is 4.04. The van der Waals surface area contributed by atoms with Gasteiger partial charge in [-0.3, -0.25) is 0 Å². The number of benzene rings is 2. The highest BCUT2D eigenvalue weighted by atomic mass is 32.2. The average molecular weight is 262 g/mol. The minimum atomic E-state index is -0.316. The maximum absolute atomic E-state index is 13.1. The first-order valence-electron chi connectivity index (χ1n) is 5.74. The number of halogens is 1. The van der Waals surface area contributed by atoms with Gasteiger partial charge in [0.2, 0.25) is 0 Å². The molecule has 0 spiro atoms. The Morgan fingerprint density at radius 2 is 1.78 bits per heavy atom. The van der Waals surface area contributed by atoms with Crippen LogP contribution in [0.1, 0.15) is 16.7 Å². The minimum absolute atomic E-state index is 0.148. The van der Waals surface area contributed by atoms with Crippen LogP contribution in [0, 0.1) is 19.7 Å². The molecule has 0 saturated carbocycles. The lowest BCUT2D eigenvalue weighted by atomic mass is 10.2. The Balaban J connectivity index is 2.33. The van der Waals surface area contributed by atoms with Crippen molar-refractivity contribution in [1.29, 1.82) is 0 Å². The number of hydrogen-bond donors (Lipinski definition) is 1. The van der Waals surface area contributed by atoms with E-state index in [9.17, 15) is 9.50 Å². The highest BCUT2D eigenvalue weighted by Gasteiger charge is 2.07. The molecule has 0 aliphatic heterocycles. The van der Waals surface area contributed by atoms with Gasteiger partial charge in [-0.15, -0.1) is 0 Å². The molecule has 3 heteroatoms. The Morgan fingerprint density at radius 3 is 2.44 bits per heavy atom. The van der Waals surface area contributed by atoms with E-state index >= 15 is 0 Å². The van der Waals surface area contributed by atoms with Crippen LogP contribution in [-0.2, 0) is 6.61 Å². The maximum atomic E-state index is 13.1. The van der Waals surface area contributed by atoms with E-state index in [1.54, 1.807) is 17.8 Å². The van der Waals surface area contributed by atoms with Crippen LogP contribution in [0.3, 0.4) is 0 Å². The van der Waals surface area contributed by atoms with Gasteiger partial charge in [-0.2, -0.15) is 0 Å². The molecule has 0 aromatic heterocycles. The smallest absolute Gasteiger partial charge is 0.123 e. The van der Waals surface area contributed by atoms with Gasteiger partial charge in [-0.05, 0) is 49.2 Å². The second-order valence-electron chi connectivity index (χ2n) is 4.28.